The molecule has 0 saturated heterocycles. The van der Waals surface area contributed by atoms with Gasteiger partial charge in [-0.1, -0.05) is 18.2 Å². The highest BCUT2D eigenvalue weighted by Gasteiger charge is 2.12. The number of nitrogens with zero attached hydrogens (tertiary/aromatic N) is 3. The van der Waals surface area contributed by atoms with Crippen molar-refractivity contribution in [2.75, 3.05) is 20.1 Å². The number of benzene rings is 1. The maximum Gasteiger partial charge on any atom is 0.226 e. The topological polar surface area (TPSA) is 65.7 Å². The molecule has 0 spiro atoms. The summed E-state index contributed by atoms with van der Waals surface area (Å²) in [7, 11) is 1.78. The first-order valence-corrected chi connectivity index (χ1v) is 9.71. The number of aliphatic imine (C=N–C) groups is 1. The quantitative estimate of drug-likeness (QED) is 0.401. The Kier molecular flexibility index (Phi) is 8.33. The van der Waals surface area contributed by atoms with Crippen molar-refractivity contribution in [3.05, 3.63) is 42.3 Å². The average molecular weight is 372 g/mol. The van der Waals surface area contributed by atoms with Gasteiger partial charge in [-0.15, -0.1) is 0 Å². The van der Waals surface area contributed by atoms with Crippen molar-refractivity contribution in [3.8, 4) is 11.5 Å². The van der Waals surface area contributed by atoms with Gasteiger partial charge in [0.25, 0.3) is 0 Å². The van der Waals surface area contributed by atoms with E-state index in [4.69, 9.17) is 4.42 Å². The molecule has 6 heteroatoms. The van der Waals surface area contributed by atoms with Crippen LogP contribution in [-0.2, 0) is 6.54 Å². The Morgan fingerprint density at radius 2 is 1.81 bits per heavy atom. The fraction of sp³-hybridized carbons (Fsp3) is 0.524. The number of rotatable bonds is 9. The summed E-state index contributed by atoms with van der Waals surface area (Å²) >= 11 is 0. The summed E-state index contributed by atoms with van der Waals surface area (Å²) < 4.78 is 5.57. The van der Waals surface area contributed by atoms with Gasteiger partial charge in [-0.3, -0.25) is 9.89 Å². The number of oxazole rings is 1. The van der Waals surface area contributed by atoms with Crippen LogP contribution in [0.2, 0.25) is 0 Å². The van der Waals surface area contributed by atoms with Crippen molar-refractivity contribution < 1.29 is 4.42 Å². The van der Waals surface area contributed by atoms with Crippen LogP contribution in [0.4, 0.5) is 0 Å². The van der Waals surface area contributed by atoms with Crippen molar-refractivity contribution in [3.63, 3.8) is 0 Å². The lowest BCUT2D eigenvalue weighted by molar-refractivity contribution is 0.173. The lowest BCUT2D eigenvalue weighted by Gasteiger charge is -2.30. The highest BCUT2D eigenvalue weighted by atomic mass is 16.3. The first-order valence-electron chi connectivity index (χ1n) is 9.71. The second-order valence-corrected chi connectivity index (χ2v) is 7.14. The second-order valence-electron chi connectivity index (χ2n) is 7.14. The largest absolute Gasteiger partial charge is 0.444 e. The third-order valence-electron chi connectivity index (χ3n) is 4.45. The van der Waals surface area contributed by atoms with Crippen molar-refractivity contribution in [1.29, 1.82) is 0 Å². The Balaban J connectivity index is 1.75. The summed E-state index contributed by atoms with van der Waals surface area (Å²) in [5, 5.41) is 6.65. The molecular formula is C21H33N5O. The van der Waals surface area contributed by atoms with E-state index in [-0.39, 0.29) is 0 Å². The molecule has 0 radical (unpaired) electrons. The molecule has 0 aliphatic heterocycles. The molecule has 1 aromatic carbocycles. The number of hydrogen-bond donors (Lipinski definition) is 2. The lowest BCUT2D eigenvalue weighted by atomic mass is 10.2. The van der Waals surface area contributed by atoms with E-state index in [1.165, 1.54) is 0 Å². The molecule has 1 aromatic heterocycles. The molecule has 0 saturated carbocycles. The summed E-state index contributed by atoms with van der Waals surface area (Å²) in [5.74, 6) is 1.41. The van der Waals surface area contributed by atoms with Gasteiger partial charge in [0.2, 0.25) is 5.89 Å². The van der Waals surface area contributed by atoms with Gasteiger partial charge in [-0.05, 0) is 46.2 Å². The van der Waals surface area contributed by atoms with Gasteiger partial charge in [-0.2, -0.15) is 0 Å². The van der Waals surface area contributed by atoms with Gasteiger partial charge in [0.15, 0.2) is 5.96 Å². The van der Waals surface area contributed by atoms with E-state index in [1.807, 2.05) is 30.3 Å². The fourth-order valence-electron chi connectivity index (χ4n) is 3.08. The molecular weight excluding hydrogens is 338 g/mol. The fourth-order valence-corrected chi connectivity index (χ4v) is 3.08. The highest BCUT2D eigenvalue weighted by molar-refractivity contribution is 5.79. The Morgan fingerprint density at radius 3 is 2.44 bits per heavy atom. The molecule has 0 aliphatic rings. The average Bonchev–Trinajstić information content (AvgIpc) is 3.13. The molecule has 2 aromatic rings. The molecule has 148 valence electrons. The molecule has 27 heavy (non-hydrogen) atoms. The zero-order valence-corrected chi connectivity index (χ0v) is 17.2. The number of guanidine groups is 1. The normalized spacial score (nSPS) is 12.2. The van der Waals surface area contributed by atoms with E-state index in [1.54, 1.807) is 13.3 Å². The van der Waals surface area contributed by atoms with E-state index in [0.29, 0.717) is 24.5 Å². The van der Waals surface area contributed by atoms with Gasteiger partial charge in [0.05, 0.1) is 12.2 Å². The summed E-state index contributed by atoms with van der Waals surface area (Å²) in [6, 6.07) is 11.0. The van der Waals surface area contributed by atoms with Crippen molar-refractivity contribution >= 4 is 5.96 Å². The predicted octanol–water partition coefficient (Wildman–Crippen LogP) is 3.52. The van der Waals surface area contributed by atoms with Crippen LogP contribution in [0.5, 0.6) is 0 Å². The van der Waals surface area contributed by atoms with Gasteiger partial charge < -0.3 is 15.1 Å². The zero-order chi connectivity index (χ0) is 19.6. The van der Waals surface area contributed by atoms with Crippen molar-refractivity contribution in [1.82, 2.24) is 20.5 Å². The number of hydrogen-bond acceptors (Lipinski definition) is 4. The smallest absolute Gasteiger partial charge is 0.226 e. The van der Waals surface area contributed by atoms with Gasteiger partial charge in [0.1, 0.15) is 6.26 Å². The predicted molar refractivity (Wildman–Crippen MR) is 112 cm³/mol. The highest BCUT2D eigenvalue weighted by Crippen LogP contribution is 2.17. The maximum absolute atomic E-state index is 5.57. The summed E-state index contributed by atoms with van der Waals surface area (Å²) in [4.78, 5) is 11.3. The molecule has 2 N–H and O–H groups in total. The van der Waals surface area contributed by atoms with Crippen LogP contribution >= 0.6 is 0 Å². The van der Waals surface area contributed by atoms with Gasteiger partial charge in [-0.25, -0.2) is 4.98 Å². The molecule has 2 rings (SSSR count). The minimum atomic E-state index is 0.563. The summed E-state index contributed by atoms with van der Waals surface area (Å²) in [5.41, 5.74) is 1.83. The first kappa shape index (κ1) is 21.0. The monoisotopic (exact) mass is 371 g/mol. The second kappa shape index (κ2) is 10.7. The summed E-state index contributed by atoms with van der Waals surface area (Å²) in [6.45, 7) is 11.5. The molecule has 0 atom stereocenters. The minimum Gasteiger partial charge on any atom is -0.444 e. The molecule has 6 nitrogen and oxygen atoms in total. The Morgan fingerprint density at radius 1 is 1.11 bits per heavy atom. The van der Waals surface area contributed by atoms with Crippen molar-refractivity contribution in [2.24, 2.45) is 4.99 Å². The van der Waals surface area contributed by atoms with Crippen LogP contribution < -0.4 is 10.6 Å². The Labute approximate surface area is 163 Å². The number of aromatic nitrogens is 1. The zero-order valence-electron chi connectivity index (χ0n) is 17.2. The van der Waals surface area contributed by atoms with Crippen LogP contribution in [0.1, 0.15) is 39.8 Å². The molecule has 0 bridgehead atoms. The van der Waals surface area contributed by atoms with Crippen LogP contribution in [0, 0.1) is 0 Å². The maximum atomic E-state index is 5.57. The Bertz CT molecular complexity index is 686. The van der Waals surface area contributed by atoms with Crippen LogP contribution in [0.25, 0.3) is 11.5 Å². The first-order chi connectivity index (χ1) is 13.0. The number of nitrogens with one attached hydrogen (secondary N) is 2. The van der Waals surface area contributed by atoms with Crippen LogP contribution in [0.3, 0.4) is 0 Å². The van der Waals surface area contributed by atoms with E-state index in [0.717, 1.165) is 36.7 Å². The molecule has 0 unspecified atom stereocenters. The van der Waals surface area contributed by atoms with Crippen LogP contribution in [-0.4, -0.2) is 48.1 Å². The van der Waals surface area contributed by atoms with E-state index < -0.39 is 0 Å². The minimum absolute atomic E-state index is 0.563. The van der Waals surface area contributed by atoms with Gasteiger partial charge >= 0.3 is 0 Å². The summed E-state index contributed by atoms with van der Waals surface area (Å²) in [6.07, 6.45) is 2.75. The van der Waals surface area contributed by atoms with Gasteiger partial charge in [0, 0.05) is 37.8 Å². The molecule has 0 amide bonds. The van der Waals surface area contributed by atoms with E-state index >= 15 is 0 Å². The molecule has 0 fully saturated rings. The third-order valence-corrected chi connectivity index (χ3v) is 4.45. The molecule has 1 heterocycles. The van der Waals surface area contributed by atoms with Crippen LogP contribution in [0.15, 0.2) is 46.0 Å². The lowest BCUT2D eigenvalue weighted by Crippen LogP contribution is -2.41. The van der Waals surface area contributed by atoms with E-state index in [9.17, 15) is 0 Å². The SMILES string of the molecule is CN=C(NCCCN(C(C)C)C(C)C)NCc1coc(-c2ccccc2)n1. The molecule has 0 aliphatic carbocycles. The third kappa shape index (κ3) is 6.71. The van der Waals surface area contributed by atoms with Crippen molar-refractivity contribution in [2.45, 2.75) is 52.7 Å². The van der Waals surface area contributed by atoms with E-state index in [2.05, 4.69) is 53.2 Å². The standard InChI is InChI=1S/C21H33N5O/c1-16(2)26(17(3)4)13-9-12-23-21(22-5)24-14-19-15-27-20(25-19)18-10-7-6-8-11-18/h6-8,10-11,15-17H,9,12-14H2,1-5H3,(H2,22,23,24). The Hall–Kier alpha value is -2.34.